The molecule has 2 heterocycles. The number of hydrogen-bond acceptors (Lipinski definition) is 5. The second kappa shape index (κ2) is 8.77. The topological polar surface area (TPSA) is 112 Å². The van der Waals surface area contributed by atoms with Gasteiger partial charge in [0, 0.05) is 32.0 Å². The number of carboxylic acids is 1. The number of carbonyl (C=O) groups excluding carboxylic acids is 2. The van der Waals surface area contributed by atoms with Gasteiger partial charge >= 0.3 is 12.0 Å². The van der Waals surface area contributed by atoms with Gasteiger partial charge in [0.25, 0.3) is 0 Å². The zero-order valence-corrected chi connectivity index (χ0v) is 15.2. The van der Waals surface area contributed by atoms with Crippen LogP contribution in [0.1, 0.15) is 47.2 Å². The number of nitrogens with one attached hydrogen (secondary N) is 1. The van der Waals surface area contributed by atoms with E-state index in [9.17, 15) is 19.5 Å². The number of carboxylic acid groups (broad SMARTS) is 1. The summed E-state index contributed by atoms with van der Waals surface area (Å²) in [7, 11) is 0. The summed E-state index contributed by atoms with van der Waals surface area (Å²) in [4.78, 5) is 43.5. The minimum atomic E-state index is -0.983. The fourth-order valence-electron chi connectivity index (χ4n) is 4.11. The van der Waals surface area contributed by atoms with Gasteiger partial charge < -0.3 is 15.3 Å². The maximum atomic E-state index is 12.5. The number of fused-ring (bicyclic) bond motifs is 1. The monoisotopic (exact) mass is 372 g/mol. The van der Waals surface area contributed by atoms with Crippen LogP contribution in [0.15, 0.2) is 17.4 Å². The Bertz CT molecular complexity index is 760. The lowest BCUT2D eigenvalue weighted by Crippen LogP contribution is -2.45. The first-order chi connectivity index (χ1) is 13.1. The highest BCUT2D eigenvalue weighted by molar-refractivity contribution is 5.89. The summed E-state index contributed by atoms with van der Waals surface area (Å²) < 4.78 is 0. The van der Waals surface area contributed by atoms with Crippen LogP contribution in [0.2, 0.25) is 0 Å². The van der Waals surface area contributed by atoms with Crippen LogP contribution in [0.3, 0.4) is 0 Å². The molecule has 1 fully saturated rings. The van der Waals surface area contributed by atoms with E-state index in [0.29, 0.717) is 44.4 Å². The molecule has 0 bridgehead atoms. The van der Waals surface area contributed by atoms with Crippen LogP contribution >= 0.6 is 0 Å². The second-order valence-electron chi connectivity index (χ2n) is 7.32. The van der Waals surface area contributed by atoms with E-state index in [0.717, 1.165) is 36.8 Å². The summed E-state index contributed by atoms with van der Waals surface area (Å²) >= 11 is 0. The Hall–Kier alpha value is -2.73. The molecule has 1 aliphatic carbocycles. The van der Waals surface area contributed by atoms with Crippen molar-refractivity contribution >= 4 is 18.1 Å². The van der Waals surface area contributed by atoms with Crippen molar-refractivity contribution in [1.82, 2.24) is 15.2 Å². The quantitative estimate of drug-likeness (QED) is 0.606. The van der Waals surface area contributed by atoms with Crippen LogP contribution in [0.5, 0.6) is 0 Å². The summed E-state index contributed by atoms with van der Waals surface area (Å²) in [6.45, 7) is 1.99. The van der Waals surface area contributed by atoms with Gasteiger partial charge in [0.15, 0.2) is 0 Å². The molecule has 2 unspecified atom stereocenters. The number of aromatic carboxylic acids is 1. The highest BCUT2D eigenvalue weighted by Gasteiger charge is 2.26. The van der Waals surface area contributed by atoms with E-state index in [1.54, 1.807) is 17.2 Å². The van der Waals surface area contributed by atoms with Crippen molar-refractivity contribution in [2.24, 2.45) is 16.8 Å². The predicted octanol–water partition coefficient (Wildman–Crippen LogP) is 1.99. The molecule has 1 saturated carbocycles. The number of pyridine rings is 1. The molecular formula is C19H24N4O4. The van der Waals surface area contributed by atoms with Gasteiger partial charge in [-0.1, -0.05) is 6.42 Å². The van der Waals surface area contributed by atoms with Gasteiger partial charge in [-0.05, 0) is 48.6 Å². The van der Waals surface area contributed by atoms with Crippen molar-refractivity contribution in [2.75, 3.05) is 19.6 Å². The van der Waals surface area contributed by atoms with E-state index < -0.39 is 5.97 Å². The number of aliphatic imine (C=N–C) groups is 1. The predicted molar refractivity (Wildman–Crippen MR) is 97.1 cm³/mol. The Morgan fingerprint density at radius 1 is 1.33 bits per heavy atom. The molecule has 144 valence electrons. The van der Waals surface area contributed by atoms with E-state index in [-0.39, 0.29) is 11.6 Å². The Morgan fingerprint density at radius 2 is 2.15 bits per heavy atom. The minimum absolute atomic E-state index is 0.130. The summed E-state index contributed by atoms with van der Waals surface area (Å²) in [6.07, 6.45) is 9.30. The maximum Gasteiger partial charge on any atom is 0.337 e. The fourth-order valence-corrected chi connectivity index (χ4v) is 4.11. The molecule has 2 atom stereocenters. The Kier molecular flexibility index (Phi) is 6.19. The summed E-state index contributed by atoms with van der Waals surface area (Å²) in [5.74, 6) is -0.195. The van der Waals surface area contributed by atoms with Gasteiger partial charge in [-0.3, -0.25) is 4.98 Å². The molecule has 2 aliphatic rings. The third kappa shape index (κ3) is 4.71. The normalized spacial score (nSPS) is 21.7. The van der Waals surface area contributed by atoms with Crippen molar-refractivity contribution in [2.45, 2.75) is 38.6 Å². The lowest BCUT2D eigenvalue weighted by atomic mass is 9.81. The van der Waals surface area contributed by atoms with Gasteiger partial charge in [0.2, 0.25) is 6.08 Å². The molecule has 1 aromatic heterocycles. The van der Waals surface area contributed by atoms with Crippen LogP contribution in [-0.4, -0.2) is 52.7 Å². The van der Waals surface area contributed by atoms with Gasteiger partial charge in [0.1, 0.15) is 0 Å². The first-order valence-corrected chi connectivity index (χ1v) is 9.34. The first-order valence-electron chi connectivity index (χ1n) is 9.34. The zero-order valence-electron chi connectivity index (χ0n) is 15.2. The van der Waals surface area contributed by atoms with Gasteiger partial charge in [-0.2, -0.15) is 0 Å². The van der Waals surface area contributed by atoms with Crippen LogP contribution in [0.25, 0.3) is 0 Å². The largest absolute Gasteiger partial charge is 0.478 e. The second-order valence-corrected chi connectivity index (χ2v) is 7.32. The van der Waals surface area contributed by atoms with Crippen molar-refractivity contribution in [3.05, 3.63) is 29.1 Å². The Labute approximate surface area is 157 Å². The molecule has 0 radical (unpaired) electrons. The van der Waals surface area contributed by atoms with Crippen LogP contribution < -0.4 is 5.32 Å². The summed E-state index contributed by atoms with van der Waals surface area (Å²) in [5.41, 5.74) is 1.78. The zero-order chi connectivity index (χ0) is 19.2. The highest BCUT2D eigenvalue weighted by atomic mass is 16.4. The molecule has 1 aromatic rings. The lowest BCUT2D eigenvalue weighted by molar-refractivity contribution is 0.0694. The average molecular weight is 372 g/mol. The minimum Gasteiger partial charge on any atom is -0.478 e. The SMILES string of the molecule is O=C=NCC1CCCC(CNC(=O)N2CCc3c(cncc3C(=O)O)C2)C1. The molecule has 8 nitrogen and oxygen atoms in total. The lowest BCUT2D eigenvalue weighted by Gasteiger charge is -2.31. The first kappa shape index (κ1) is 19.0. The van der Waals surface area contributed by atoms with Crippen LogP contribution in [-0.2, 0) is 17.8 Å². The number of aromatic nitrogens is 1. The van der Waals surface area contributed by atoms with Gasteiger partial charge in [0.05, 0.1) is 12.1 Å². The Balaban J connectivity index is 1.53. The third-order valence-electron chi connectivity index (χ3n) is 5.50. The number of amides is 2. The van der Waals surface area contributed by atoms with E-state index in [1.165, 1.54) is 6.20 Å². The van der Waals surface area contributed by atoms with Crippen molar-refractivity contribution in [1.29, 1.82) is 0 Å². The van der Waals surface area contributed by atoms with Crippen molar-refractivity contribution in [3.63, 3.8) is 0 Å². The molecule has 0 spiro atoms. The molecule has 27 heavy (non-hydrogen) atoms. The number of isocyanates is 1. The summed E-state index contributed by atoms with van der Waals surface area (Å²) in [6, 6.07) is -0.130. The molecular weight excluding hydrogens is 348 g/mol. The van der Waals surface area contributed by atoms with Gasteiger partial charge in [-0.15, -0.1) is 0 Å². The molecule has 2 N–H and O–H groups in total. The van der Waals surface area contributed by atoms with Crippen molar-refractivity contribution in [3.8, 4) is 0 Å². The van der Waals surface area contributed by atoms with E-state index >= 15 is 0 Å². The van der Waals surface area contributed by atoms with Crippen LogP contribution in [0.4, 0.5) is 4.79 Å². The number of hydrogen-bond donors (Lipinski definition) is 2. The molecule has 3 rings (SSSR count). The molecule has 2 amide bonds. The van der Waals surface area contributed by atoms with Crippen molar-refractivity contribution < 1.29 is 19.5 Å². The average Bonchev–Trinajstić information content (AvgIpc) is 2.69. The molecule has 1 aliphatic heterocycles. The van der Waals surface area contributed by atoms with E-state index in [1.807, 2.05) is 0 Å². The number of carbonyl (C=O) groups is 2. The fraction of sp³-hybridized carbons (Fsp3) is 0.579. The third-order valence-corrected chi connectivity index (χ3v) is 5.50. The highest BCUT2D eigenvalue weighted by Crippen LogP contribution is 2.29. The maximum absolute atomic E-state index is 12.5. The number of urea groups is 1. The smallest absolute Gasteiger partial charge is 0.337 e. The Morgan fingerprint density at radius 3 is 2.93 bits per heavy atom. The molecule has 0 saturated heterocycles. The van der Waals surface area contributed by atoms with E-state index in [2.05, 4.69) is 15.3 Å². The van der Waals surface area contributed by atoms with Gasteiger partial charge in [-0.25, -0.2) is 19.4 Å². The standard InChI is InChI=1S/C19H24N4O4/c24-12-21-7-13-2-1-3-14(6-13)8-22-19(27)23-5-4-16-15(11-23)9-20-10-17(16)18(25)26/h9-10,13-14H,1-8,11H2,(H,22,27)(H,25,26). The molecule has 8 heteroatoms. The molecule has 0 aromatic carbocycles. The summed E-state index contributed by atoms with van der Waals surface area (Å²) in [5, 5.41) is 12.3. The number of rotatable bonds is 5. The van der Waals surface area contributed by atoms with Crippen LogP contribution in [0, 0.1) is 11.8 Å². The van der Waals surface area contributed by atoms with E-state index in [4.69, 9.17) is 0 Å². The number of nitrogens with zero attached hydrogens (tertiary/aromatic N) is 3.